The Morgan fingerprint density at radius 1 is 1.32 bits per heavy atom. The molecule has 0 bridgehead atoms. The molecule has 0 saturated carbocycles. The lowest BCUT2D eigenvalue weighted by molar-refractivity contribution is -0.118. The number of benzene rings is 1. The molecule has 3 rings (SSSR count). The molecule has 1 heterocycles. The van der Waals surface area contributed by atoms with Crippen LogP contribution < -0.4 is 5.32 Å². The number of thioether (sulfide) groups is 1. The maximum atomic E-state index is 14.1. The molecule has 1 amide bonds. The first-order chi connectivity index (χ1) is 13.7. The van der Waals surface area contributed by atoms with Crippen LogP contribution in [-0.2, 0) is 11.3 Å². The van der Waals surface area contributed by atoms with Crippen LogP contribution in [0, 0.1) is 5.82 Å². The number of aromatic nitrogens is 3. The lowest BCUT2D eigenvalue weighted by Gasteiger charge is -2.13. The van der Waals surface area contributed by atoms with Gasteiger partial charge in [0, 0.05) is 13.1 Å². The summed E-state index contributed by atoms with van der Waals surface area (Å²) in [6.07, 6.45) is 9.74. The number of allylic oxidation sites excluding steroid dienone is 2. The van der Waals surface area contributed by atoms with Gasteiger partial charge in [0.2, 0.25) is 5.91 Å². The molecule has 0 spiro atoms. The Morgan fingerprint density at radius 3 is 2.93 bits per heavy atom. The number of carbonyl (C=O) groups excluding carboxylic acids is 1. The molecule has 1 aromatic carbocycles. The van der Waals surface area contributed by atoms with Gasteiger partial charge >= 0.3 is 0 Å². The Balaban J connectivity index is 1.58. The molecular formula is C21H25FN4OS. The maximum absolute atomic E-state index is 14.1. The Morgan fingerprint density at radius 2 is 2.18 bits per heavy atom. The van der Waals surface area contributed by atoms with Crippen LogP contribution in [0.4, 0.5) is 4.39 Å². The van der Waals surface area contributed by atoms with Gasteiger partial charge in [-0.2, -0.15) is 0 Å². The molecule has 0 radical (unpaired) electrons. The minimum atomic E-state index is -0.355. The second-order valence-corrected chi connectivity index (χ2v) is 7.62. The highest BCUT2D eigenvalue weighted by molar-refractivity contribution is 7.99. The van der Waals surface area contributed by atoms with Crippen molar-refractivity contribution in [3.05, 3.63) is 54.4 Å². The van der Waals surface area contributed by atoms with Crippen molar-refractivity contribution in [3.63, 3.8) is 0 Å². The molecule has 0 atom stereocenters. The van der Waals surface area contributed by atoms with Crippen LogP contribution in [0.1, 0.15) is 32.1 Å². The van der Waals surface area contributed by atoms with Crippen molar-refractivity contribution in [3.8, 4) is 11.4 Å². The van der Waals surface area contributed by atoms with Crippen LogP contribution in [0.15, 0.2) is 53.7 Å². The van der Waals surface area contributed by atoms with Crippen molar-refractivity contribution in [1.82, 2.24) is 20.1 Å². The van der Waals surface area contributed by atoms with Crippen molar-refractivity contribution < 1.29 is 9.18 Å². The molecule has 1 N–H and O–H groups in total. The molecule has 0 aliphatic heterocycles. The van der Waals surface area contributed by atoms with E-state index in [4.69, 9.17) is 0 Å². The van der Waals surface area contributed by atoms with Crippen molar-refractivity contribution in [2.24, 2.45) is 0 Å². The fraction of sp³-hybridized carbons (Fsp3) is 0.381. The molecule has 148 valence electrons. The first-order valence-electron chi connectivity index (χ1n) is 9.55. The first-order valence-corrected chi connectivity index (χ1v) is 10.5. The summed E-state index contributed by atoms with van der Waals surface area (Å²) in [4.78, 5) is 12.2. The highest BCUT2D eigenvalue weighted by atomic mass is 32.2. The fourth-order valence-corrected chi connectivity index (χ4v) is 3.98. The number of nitrogens with zero attached hydrogens (tertiary/aromatic N) is 3. The Hall–Kier alpha value is -2.41. The minimum absolute atomic E-state index is 0.0398. The second-order valence-electron chi connectivity index (χ2n) is 6.68. The van der Waals surface area contributed by atoms with E-state index < -0.39 is 0 Å². The summed E-state index contributed by atoms with van der Waals surface area (Å²) in [7, 11) is 0. The van der Waals surface area contributed by atoms with Crippen LogP contribution in [0.25, 0.3) is 11.4 Å². The van der Waals surface area contributed by atoms with E-state index in [0.29, 0.717) is 29.6 Å². The average Bonchev–Trinajstić information content (AvgIpc) is 3.10. The third-order valence-electron chi connectivity index (χ3n) is 4.63. The third-order valence-corrected chi connectivity index (χ3v) is 5.60. The lowest BCUT2D eigenvalue weighted by atomic mass is 9.97. The van der Waals surface area contributed by atoms with E-state index in [0.717, 1.165) is 19.3 Å². The Bertz CT molecular complexity index is 862. The van der Waals surface area contributed by atoms with Crippen LogP contribution in [-0.4, -0.2) is 33.0 Å². The normalized spacial score (nSPS) is 13.8. The van der Waals surface area contributed by atoms with Gasteiger partial charge in [-0.25, -0.2) is 4.39 Å². The number of hydrogen-bond acceptors (Lipinski definition) is 4. The molecule has 1 aliphatic carbocycles. The maximum Gasteiger partial charge on any atom is 0.230 e. The second kappa shape index (κ2) is 10.2. The van der Waals surface area contributed by atoms with Crippen molar-refractivity contribution in [2.75, 3.05) is 12.3 Å². The molecule has 28 heavy (non-hydrogen) atoms. The largest absolute Gasteiger partial charge is 0.355 e. The fourth-order valence-electron chi connectivity index (χ4n) is 3.21. The summed E-state index contributed by atoms with van der Waals surface area (Å²) in [5.74, 6) is 0.282. The van der Waals surface area contributed by atoms with E-state index in [1.165, 1.54) is 36.2 Å². The highest BCUT2D eigenvalue weighted by Crippen LogP contribution is 2.26. The topological polar surface area (TPSA) is 59.8 Å². The van der Waals surface area contributed by atoms with Crippen molar-refractivity contribution >= 4 is 17.7 Å². The SMILES string of the molecule is C=CCn1c(SCC(=O)NCCC2=CCCCC2)nnc1-c1ccccc1F. The summed E-state index contributed by atoms with van der Waals surface area (Å²) >= 11 is 1.29. The highest BCUT2D eigenvalue weighted by Gasteiger charge is 2.17. The Kier molecular flexibility index (Phi) is 7.42. The number of nitrogens with one attached hydrogen (secondary N) is 1. The predicted octanol–water partition coefficient (Wildman–Crippen LogP) is 4.37. The summed E-state index contributed by atoms with van der Waals surface area (Å²) in [5.41, 5.74) is 1.83. The molecule has 0 saturated heterocycles. The van der Waals surface area contributed by atoms with Crippen molar-refractivity contribution in [1.29, 1.82) is 0 Å². The van der Waals surface area contributed by atoms with Gasteiger partial charge < -0.3 is 5.32 Å². The molecule has 1 aromatic heterocycles. The predicted molar refractivity (Wildman–Crippen MR) is 111 cm³/mol. The zero-order valence-corrected chi connectivity index (χ0v) is 16.7. The van der Waals surface area contributed by atoms with E-state index in [9.17, 15) is 9.18 Å². The zero-order valence-electron chi connectivity index (χ0n) is 15.9. The monoisotopic (exact) mass is 400 g/mol. The smallest absolute Gasteiger partial charge is 0.230 e. The van der Waals surface area contributed by atoms with Gasteiger partial charge in [-0.3, -0.25) is 9.36 Å². The first kappa shape index (κ1) is 20.3. The number of hydrogen-bond donors (Lipinski definition) is 1. The van der Waals surface area contributed by atoms with E-state index in [2.05, 4.69) is 28.2 Å². The molecule has 2 aromatic rings. The van der Waals surface area contributed by atoms with Crippen molar-refractivity contribution in [2.45, 2.75) is 43.8 Å². The molecule has 7 heteroatoms. The van der Waals surface area contributed by atoms with Crippen LogP contribution in [0.2, 0.25) is 0 Å². The van der Waals surface area contributed by atoms with E-state index in [1.807, 2.05) is 0 Å². The molecular weight excluding hydrogens is 375 g/mol. The summed E-state index contributed by atoms with van der Waals surface area (Å²) < 4.78 is 15.9. The summed E-state index contributed by atoms with van der Waals surface area (Å²) in [5, 5.41) is 11.8. The van der Waals surface area contributed by atoms with Gasteiger partial charge in [-0.05, 0) is 44.2 Å². The number of halogens is 1. The van der Waals surface area contributed by atoms with E-state index >= 15 is 0 Å². The number of carbonyl (C=O) groups is 1. The van der Waals surface area contributed by atoms with Gasteiger partial charge in [0.05, 0.1) is 11.3 Å². The minimum Gasteiger partial charge on any atom is -0.355 e. The van der Waals surface area contributed by atoms with Crippen LogP contribution in [0.3, 0.4) is 0 Å². The molecule has 1 aliphatic rings. The third kappa shape index (κ3) is 5.32. The summed E-state index contributed by atoms with van der Waals surface area (Å²) in [6.45, 7) is 4.85. The van der Waals surface area contributed by atoms with E-state index in [-0.39, 0.29) is 17.5 Å². The van der Waals surface area contributed by atoms with Gasteiger partial charge in [-0.1, -0.05) is 41.6 Å². The standard InChI is InChI=1S/C21H25FN4OS/c1-2-14-26-20(17-10-6-7-11-18(17)22)24-25-21(26)28-15-19(27)23-13-12-16-8-4-3-5-9-16/h2,6-8,10-11H,1,3-5,9,12-15H2,(H,23,27). The van der Waals surface area contributed by atoms with Crippen LogP contribution in [0.5, 0.6) is 0 Å². The van der Waals surface area contributed by atoms with Crippen LogP contribution >= 0.6 is 11.8 Å². The van der Waals surface area contributed by atoms with E-state index in [1.54, 1.807) is 28.8 Å². The quantitative estimate of drug-likeness (QED) is 0.502. The van der Waals surface area contributed by atoms with Gasteiger partial charge in [0.1, 0.15) is 5.82 Å². The number of rotatable bonds is 9. The Labute approximate surface area is 169 Å². The zero-order chi connectivity index (χ0) is 19.8. The average molecular weight is 401 g/mol. The van der Waals surface area contributed by atoms with Gasteiger partial charge in [-0.15, -0.1) is 16.8 Å². The molecule has 5 nitrogen and oxygen atoms in total. The van der Waals surface area contributed by atoms with Gasteiger partial charge in [0.25, 0.3) is 0 Å². The molecule has 0 unspecified atom stereocenters. The molecule has 0 fully saturated rings. The lowest BCUT2D eigenvalue weighted by Crippen LogP contribution is -2.26. The van der Waals surface area contributed by atoms with Gasteiger partial charge in [0.15, 0.2) is 11.0 Å². The number of amides is 1. The summed E-state index contributed by atoms with van der Waals surface area (Å²) in [6, 6.07) is 6.45.